The molecule has 5 nitrogen and oxygen atoms in total. The molecule has 1 unspecified atom stereocenters. The van der Waals surface area contributed by atoms with Gasteiger partial charge in [0.05, 0.1) is 12.6 Å². The molecule has 112 valence electrons. The fourth-order valence-electron chi connectivity index (χ4n) is 2.26. The third-order valence-corrected chi connectivity index (χ3v) is 3.33. The molecule has 0 bridgehead atoms. The zero-order valence-corrected chi connectivity index (χ0v) is 12.1. The van der Waals surface area contributed by atoms with Crippen LogP contribution >= 0.6 is 0 Å². The van der Waals surface area contributed by atoms with Gasteiger partial charge in [-0.3, -0.25) is 4.79 Å². The molecule has 1 fully saturated rings. The maximum atomic E-state index is 11.9. The lowest BCUT2D eigenvalue weighted by atomic mass is 10.0. The monoisotopic (exact) mass is 287 g/mol. The van der Waals surface area contributed by atoms with Gasteiger partial charge in [0, 0.05) is 24.8 Å². The van der Waals surface area contributed by atoms with Crippen LogP contribution in [-0.2, 0) is 9.53 Å². The standard InChI is InChI=1S/C16H21N3O2/c17-9-3-4-13-8-10-18-15(12-13)19-16(20)7-6-14-5-1-2-11-21-14/h8,10,12,14H,1-2,5-7,9,11,17H2,(H,18,19,20). The second-order valence-electron chi connectivity index (χ2n) is 5.01. The minimum atomic E-state index is -0.0411. The van der Waals surface area contributed by atoms with Crippen LogP contribution in [0.15, 0.2) is 18.3 Å². The van der Waals surface area contributed by atoms with E-state index in [1.54, 1.807) is 18.3 Å². The van der Waals surface area contributed by atoms with Crippen LogP contribution in [0.4, 0.5) is 5.82 Å². The van der Waals surface area contributed by atoms with Crippen LogP contribution in [0.2, 0.25) is 0 Å². The van der Waals surface area contributed by atoms with Crippen molar-refractivity contribution in [3.63, 3.8) is 0 Å². The van der Waals surface area contributed by atoms with Gasteiger partial charge >= 0.3 is 0 Å². The van der Waals surface area contributed by atoms with E-state index >= 15 is 0 Å². The number of carbonyl (C=O) groups is 1. The van der Waals surface area contributed by atoms with Crippen molar-refractivity contribution in [2.75, 3.05) is 18.5 Å². The summed E-state index contributed by atoms with van der Waals surface area (Å²) in [6.45, 7) is 1.13. The van der Waals surface area contributed by atoms with Crippen molar-refractivity contribution in [1.82, 2.24) is 4.98 Å². The number of nitrogens with two attached hydrogens (primary N) is 1. The number of ether oxygens (including phenoxy) is 1. The van der Waals surface area contributed by atoms with E-state index < -0.39 is 0 Å². The molecule has 1 aromatic heterocycles. The van der Waals surface area contributed by atoms with E-state index in [2.05, 4.69) is 22.1 Å². The molecule has 5 heteroatoms. The molecule has 1 aliphatic rings. The van der Waals surface area contributed by atoms with Crippen LogP contribution in [0, 0.1) is 11.8 Å². The van der Waals surface area contributed by atoms with Crippen LogP contribution in [0.5, 0.6) is 0 Å². The summed E-state index contributed by atoms with van der Waals surface area (Å²) in [7, 11) is 0. The summed E-state index contributed by atoms with van der Waals surface area (Å²) < 4.78 is 5.62. The van der Waals surface area contributed by atoms with Crippen LogP contribution in [0.3, 0.4) is 0 Å². The van der Waals surface area contributed by atoms with Crippen LogP contribution < -0.4 is 11.1 Å². The van der Waals surface area contributed by atoms with Crippen LogP contribution in [-0.4, -0.2) is 30.1 Å². The van der Waals surface area contributed by atoms with E-state index in [0.29, 0.717) is 18.8 Å². The number of rotatable bonds is 4. The van der Waals surface area contributed by atoms with Crippen molar-refractivity contribution in [1.29, 1.82) is 0 Å². The smallest absolute Gasteiger partial charge is 0.225 e. The first-order chi connectivity index (χ1) is 10.3. The van der Waals surface area contributed by atoms with Crippen molar-refractivity contribution in [2.45, 2.75) is 38.2 Å². The number of hydrogen-bond donors (Lipinski definition) is 2. The van der Waals surface area contributed by atoms with E-state index in [9.17, 15) is 4.79 Å². The number of nitrogens with one attached hydrogen (secondary N) is 1. The molecule has 2 heterocycles. The Morgan fingerprint density at radius 2 is 2.43 bits per heavy atom. The van der Waals surface area contributed by atoms with Gasteiger partial charge in [0.25, 0.3) is 0 Å². The average Bonchev–Trinajstić information content (AvgIpc) is 2.52. The van der Waals surface area contributed by atoms with Crippen molar-refractivity contribution in [2.24, 2.45) is 5.73 Å². The highest BCUT2D eigenvalue weighted by molar-refractivity contribution is 5.89. The lowest BCUT2D eigenvalue weighted by molar-refractivity contribution is -0.117. The molecule has 3 N–H and O–H groups in total. The summed E-state index contributed by atoms with van der Waals surface area (Å²) in [5.74, 6) is 6.17. The third-order valence-electron chi connectivity index (χ3n) is 3.33. The number of aromatic nitrogens is 1. The first-order valence-electron chi connectivity index (χ1n) is 7.34. The summed E-state index contributed by atoms with van der Waals surface area (Å²) in [6, 6.07) is 3.53. The Bertz CT molecular complexity index is 528. The second-order valence-corrected chi connectivity index (χ2v) is 5.01. The Hall–Kier alpha value is -1.90. The van der Waals surface area contributed by atoms with Gasteiger partial charge in [-0.05, 0) is 37.8 Å². The zero-order valence-electron chi connectivity index (χ0n) is 12.1. The molecular weight excluding hydrogens is 266 g/mol. The van der Waals surface area contributed by atoms with Gasteiger partial charge in [0.2, 0.25) is 5.91 Å². The molecular formula is C16H21N3O2. The Balaban J connectivity index is 1.81. The summed E-state index contributed by atoms with van der Waals surface area (Å²) in [5.41, 5.74) is 6.13. The van der Waals surface area contributed by atoms with E-state index in [1.807, 2.05) is 0 Å². The molecule has 0 aliphatic carbocycles. The largest absolute Gasteiger partial charge is 0.378 e. The van der Waals surface area contributed by atoms with Crippen molar-refractivity contribution >= 4 is 11.7 Å². The summed E-state index contributed by atoms with van der Waals surface area (Å²) in [6.07, 6.45) is 6.43. The predicted octanol–water partition coefficient (Wildman–Crippen LogP) is 1.68. The molecule has 1 aliphatic heterocycles. The van der Waals surface area contributed by atoms with E-state index in [-0.39, 0.29) is 12.0 Å². The van der Waals surface area contributed by atoms with Crippen LogP contribution in [0.25, 0.3) is 0 Å². The Morgan fingerprint density at radius 1 is 1.52 bits per heavy atom. The van der Waals surface area contributed by atoms with Gasteiger partial charge in [0.1, 0.15) is 5.82 Å². The zero-order chi connectivity index (χ0) is 14.9. The number of carbonyl (C=O) groups excluding carboxylic acids is 1. The van der Waals surface area contributed by atoms with Gasteiger partial charge < -0.3 is 15.8 Å². The lowest BCUT2D eigenvalue weighted by Gasteiger charge is -2.22. The van der Waals surface area contributed by atoms with Gasteiger partial charge in [-0.2, -0.15) is 0 Å². The fourth-order valence-corrected chi connectivity index (χ4v) is 2.26. The normalized spacial score (nSPS) is 17.7. The molecule has 1 atom stereocenters. The summed E-state index contributed by atoms with van der Waals surface area (Å²) >= 11 is 0. The van der Waals surface area contributed by atoms with Gasteiger partial charge in [0.15, 0.2) is 0 Å². The first-order valence-corrected chi connectivity index (χ1v) is 7.34. The van der Waals surface area contributed by atoms with Crippen molar-refractivity contribution in [3.05, 3.63) is 23.9 Å². The number of nitrogens with zero attached hydrogens (tertiary/aromatic N) is 1. The van der Waals surface area contributed by atoms with E-state index in [1.165, 1.54) is 6.42 Å². The van der Waals surface area contributed by atoms with Gasteiger partial charge in [-0.25, -0.2) is 4.98 Å². The van der Waals surface area contributed by atoms with Crippen molar-refractivity contribution in [3.8, 4) is 11.8 Å². The molecule has 1 saturated heterocycles. The molecule has 0 radical (unpaired) electrons. The average molecular weight is 287 g/mol. The Kier molecular flexibility index (Phi) is 6.20. The fraction of sp³-hybridized carbons (Fsp3) is 0.500. The highest BCUT2D eigenvalue weighted by Gasteiger charge is 2.15. The third kappa shape index (κ3) is 5.54. The SMILES string of the molecule is NCC#Cc1ccnc(NC(=O)CCC2CCCCO2)c1. The number of pyridine rings is 1. The van der Waals surface area contributed by atoms with E-state index in [4.69, 9.17) is 10.5 Å². The quantitative estimate of drug-likeness (QED) is 0.826. The molecule has 0 aromatic carbocycles. The second kappa shape index (κ2) is 8.40. The molecule has 1 amide bonds. The minimum Gasteiger partial charge on any atom is -0.378 e. The Labute approximate surface area is 125 Å². The van der Waals surface area contributed by atoms with Gasteiger partial charge in [-0.15, -0.1) is 0 Å². The topological polar surface area (TPSA) is 77.2 Å². The van der Waals surface area contributed by atoms with E-state index in [0.717, 1.165) is 31.4 Å². The number of amides is 1. The molecule has 2 rings (SSSR count). The first kappa shape index (κ1) is 15.5. The maximum absolute atomic E-state index is 11.9. The summed E-state index contributed by atoms with van der Waals surface area (Å²) in [4.78, 5) is 16.0. The number of hydrogen-bond acceptors (Lipinski definition) is 4. The maximum Gasteiger partial charge on any atom is 0.225 e. The Morgan fingerprint density at radius 3 is 3.19 bits per heavy atom. The molecule has 21 heavy (non-hydrogen) atoms. The molecule has 0 saturated carbocycles. The predicted molar refractivity (Wildman–Crippen MR) is 81.6 cm³/mol. The molecule has 0 spiro atoms. The highest BCUT2D eigenvalue weighted by Crippen LogP contribution is 2.17. The molecule has 1 aromatic rings. The van der Waals surface area contributed by atoms with Crippen molar-refractivity contribution < 1.29 is 9.53 Å². The lowest BCUT2D eigenvalue weighted by Crippen LogP contribution is -2.22. The van der Waals surface area contributed by atoms with Crippen LogP contribution in [0.1, 0.15) is 37.7 Å². The van der Waals surface area contributed by atoms with Gasteiger partial charge in [-0.1, -0.05) is 11.8 Å². The minimum absolute atomic E-state index is 0.0411. The summed E-state index contributed by atoms with van der Waals surface area (Å²) in [5, 5.41) is 2.79. The highest BCUT2D eigenvalue weighted by atomic mass is 16.5. The number of anilines is 1.